The third-order valence-corrected chi connectivity index (χ3v) is 1.90. The molecule has 1 aromatic rings. The first-order chi connectivity index (χ1) is 7.74. The van der Waals surface area contributed by atoms with E-state index in [-0.39, 0.29) is 5.71 Å². The summed E-state index contributed by atoms with van der Waals surface area (Å²) in [6.07, 6.45) is 5.33. The van der Waals surface area contributed by atoms with Crippen molar-refractivity contribution in [3.63, 3.8) is 0 Å². The molecule has 0 fully saturated rings. The molecule has 0 bridgehead atoms. The fourth-order valence-corrected chi connectivity index (χ4v) is 1.20. The van der Waals surface area contributed by atoms with Crippen molar-refractivity contribution in [2.75, 3.05) is 14.2 Å². The third-order valence-electron chi connectivity index (χ3n) is 1.90. The number of benzene rings is 1. The molecule has 0 N–H and O–H groups in total. The summed E-state index contributed by atoms with van der Waals surface area (Å²) in [5.74, 6) is 1.88. The normalized spacial score (nSPS) is 10.4. The number of nitrogens with zero attached hydrogens (tertiary/aromatic N) is 1. The number of ether oxygens (including phenoxy) is 1. The number of carbonyl (C=O) groups excluding carboxylic acids is 1. The van der Waals surface area contributed by atoms with Crippen molar-refractivity contribution >= 4 is 11.7 Å². The van der Waals surface area contributed by atoms with Crippen molar-refractivity contribution < 1.29 is 14.4 Å². The number of hydrogen-bond donors (Lipinski definition) is 0. The van der Waals surface area contributed by atoms with E-state index in [4.69, 9.17) is 6.42 Å². The predicted octanol–water partition coefficient (Wildman–Crippen LogP) is 1.19. The summed E-state index contributed by atoms with van der Waals surface area (Å²) in [4.78, 5) is 16.1. The highest BCUT2D eigenvalue weighted by atomic mass is 16.6. The van der Waals surface area contributed by atoms with E-state index in [1.54, 1.807) is 24.3 Å². The van der Waals surface area contributed by atoms with E-state index in [2.05, 4.69) is 20.7 Å². The summed E-state index contributed by atoms with van der Waals surface area (Å²) in [6.45, 7) is 0. The van der Waals surface area contributed by atoms with Gasteiger partial charge in [-0.1, -0.05) is 29.3 Å². The van der Waals surface area contributed by atoms with Gasteiger partial charge in [-0.3, -0.25) is 0 Å². The Balaban J connectivity index is 3.28. The summed E-state index contributed by atoms with van der Waals surface area (Å²) in [5.41, 5.74) is 1.13. The molecule has 0 radical (unpaired) electrons. The van der Waals surface area contributed by atoms with Gasteiger partial charge in [0.15, 0.2) is 5.71 Å². The maximum atomic E-state index is 11.5. The van der Waals surface area contributed by atoms with Crippen molar-refractivity contribution in [2.24, 2.45) is 5.16 Å². The zero-order valence-electron chi connectivity index (χ0n) is 9.06. The zero-order valence-corrected chi connectivity index (χ0v) is 9.06. The molecule has 0 spiro atoms. The summed E-state index contributed by atoms with van der Waals surface area (Å²) in [7, 11) is 2.62. The van der Waals surface area contributed by atoms with Crippen LogP contribution in [0.25, 0.3) is 0 Å². The number of methoxy groups -OCH3 is 1. The molecule has 0 aliphatic heterocycles. The second kappa shape index (κ2) is 5.56. The minimum atomic E-state index is -0.593. The molecule has 0 aliphatic carbocycles. The second-order valence-corrected chi connectivity index (χ2v) is 2.80. The summed E-state index contributed by atoms with van der Waals surface area (Å²) in [6, 6.07) is 6.93. The van der Waals surface area contributed by atoms with Crippen molar-refractivity contribution in [1.82, 2.24) is 0 Å². The highest BCUT2D eigenvalue weighted by molar-refractivity contribution is 6.43. The Bertz CT molecular complexity index is 458. The van der Waals surface area contributed by atoms with Crippen LogP contribution in [0.2, 0.25) is 0 Å². The number of rotatable bonds is 3. The highest BCUT2D eigenvalue weighted by Gasteiger charge is 2.17. The first kappa shape index (κ1) is 11.8. The third kappa shape index (κ3) is 2.39. The second-order valence-electron chi connectivity index (χ2n) is 2.80. The van der Waals surface area contributed by atoms with Crippen molar-refractivity contribution in [3.8, 4) is 12.3 Å². The van der Waals surface area contributed by atoms with Gasteiger partial charge in [0.25, 0.3) is 0 Å². The van der Waals surface area contributed by atoms with Crippen molar-refractivity contribution in [1.29, 1.82) is 0 Å². The van der Waals surface area contributed by atoms with Gasteiger partial charge in [0.1, 0.15) is 7.11 Å². The molecule has 4 nitrogen and oxygen atoms in total. The van der Waals surface area contributed by atoms with Crippen LogP contribution in [0.1, 0.15) is 11.1 Å². The number of terminal acetylenes is 1. The van der Waals surface area contributed by atoms with Crippen LogP contribution in [0.5, 0.6) is 0 Å². The van der Waals surface area contributed by atoms with E-state index < -0.39 is 5.97 Å². The molecule has 1 rings (SSSR count). The number of carbonyl (C=O) groups is 1. The molecular weight excluding hydrogens is 206 g/mol. The molecule has 0 aliphatic rings. The molecule has 0 amide bonds. The Labute approximate surface area is 93.9 Å². The van der Waals surface area contributed by atoms with Crippen LogP contribution < -0.4 is 0 Å². The van der Waals surface area contributed by atoms with Gasteiger partial charge in [-0.15, -0.1) is 6.42 Å². The van der Waals surface area contributed by atoms with E-state index >= 15 is 0 Å². The van der Waals surface area contributed by atoms with Crippen molar-refractivity contribution in [3.05, 3.63) is 35.4 Å². The van der Waals surface area contributed by atoms with E-state index in [0.29, 0.717) is 11.1 Å². The van der Waals surface area contributed by atoms with Crippen molar-refractivity contribution in [2.45, 2.75) is 0 Å². The summed E-state index contributed by atoms with van der Waals surface area (Å²) in [5, 5.41) is 3.62. The standard InChI is InChI=1S/C12H11NO3/c1-4-9-7-5-6-8-10(9)11(13-16-3)12(14)15-2/h1,5-8H,2-3H3/b13-11-. The molecule has 0 aromatic heterocycles. The van der Waals surface area contributed by atoms with Gasteiger partial charge in [0.05, 0.1) is 7.11 Å². The van der Waals surface area contributed by atoms with Gasteiger partial charge in [0, 0.05) is 11.1 Å². The highest BCUT2D eigenvalue weighted by Crippen LogP contribution is 2.10. The Morgan fingerprint density at radius 1 is 1.38 bits per heavy atom. The lowest BCUT2D eigenvalue weighted by Gasteiger charge is -2.05. The molecule has 1 aromatic carbocycles. The minimum absolute atomic E-state index is 0.0542. The Hall–Kier alpha value is -2.28. The maximum absolute atomic E-state index is 11.5. The van der Waals surface area contributed by atoms with Crippen LogP contribution >= 0.6 is 0 Å². The van der Waals surface area contributed by atoms with Gasteiger partial charge in [-0.25, -0.2) is 4.79 Å². The van der Waals surface area contributed by atoms with Crippen LogP contribution in [0.4, 0.5) is 0 Å². The van der Waals surface area contributed by atoms with E-state index in [1.807, 2.05) is 0 Å². The SMILES string of the molecule is C#Cc1ccccc1/C(=N/OC)C(=O)OC. The molecule has 0 unspecified atom stereocenters. The van der Waals surface area contributed by atoms with Crippen LogP contribution in [0.15, 0.2) is 29.4 Å². The van der Waals surface area contributed by atoms with Gasteiger partial charge in [0.2, 0.25) is 0 Å². The van der Waals surface area contributed by atoms with Crippen LogP contribution in [-0.2, 0) is 14.4 Å². The van der Waals surface area contributed by atoms with Gasteiger partial charge in [-0.05, 0) is 6.07 Å². The average Bonchev–Trinajstić information content (AvgIpc) is 2.35. The average molecular weight is 217 g/mol. The van der Waals surface area contributed by atoms with Crippen LogP contribution in [-0.4, -0.2) is 25.9 Å². The topological polar surface area (TPSA) is 47.9 Å². The molecule has 0 saturated heterocycles. The van der Waals surface area contributed by atoms with E-state index in [0.717, 1.165) is 0 Å². The lowest BCUT2D eigenvalue weighted by atomic mass is 10.0. The minimum Gasteiger partial charge on any atom is -0.464 e. The number of oxime groups is 1. The molecule has 16 heavy (non-hydrogen) atoms. The predicted molar refractivity (Wildman–Crippen MR) is 59.9 cm³/mol. The number of esters is 1. The maximum Gasteiger partial charge on any atom is 0.360 e. The molecular formula is C12H11NO3. The fraction of sp³-hybridized carbons (Fsp3) is 0.167. The first-order valence-electron chi connectivity index (χ1n) is 4.50. The first-order valence-corrected chi connectivity index (χ1v) is 4.50. The largest absolute Gasteiger partial charge is 0.464 e. The Morgan fingerprint density at radius 3 is 2.62 bits per heavy atom. The summed E-state index contributed by atoms with van der Waals surface area (Å²) < 4.78 is 4.60. The Morgan fingerprint density at radius 2 is 2.06 bits per heavy atom. The molecule has 0 saturated carbocycles. The van der Waals surface area contributed by atoms with Crippen LogP contribution in [0.3, 0.4) is 0 Å². The Kier molecular flexibility index (Phi) is 4.10. The lowest BCUT2D eigenvalue weighted by Crippen LogP contribution is -2.18. The quantitative estimate of drug-likeness (QED) is 0.331. The smallest absolute Gasteiger partial charge is 0.360 e. The summed E-state index contributed by atoms with van der Waals surface area (Å²) >= 11 is 0. The molecule has 4 heteroatoms. The van der Waals surface area contributed by atoms with Gasteiger partial charge in [-0.2, -0.15) is 0 Å². The van der Waals surface area contributed by atoms with Gasteiger partial charge < -0.3 is 9.57 Å². The van der Waals surface area contributed by atoms with Gasteiger partial charge >= 0.3 is 5.97 Å². The number of hydrogen-bond acceptors (Lipinski definition) is 4. The molecule has 82 valence electrons. The zero-order chi connectivity index (χ0) is 12.0. The van der Waals surface area contributed by atoms with E-state index in [1.165, 1.54) is 14.2 Å². The van der Waals surface area contributed by atoms with Crippen LogP contribution in [0, 0.1) is 12.3 Å². The molecule has 0 heterocycles. The fourth-order valence-electron chi connectivity index (χ4n) is 1.20. The monoisotopic (exact) mass is 217 g/mol. The molecule has 0 atom stereocenters. The lowest BCUT2D eigenvalue weighted by molar-refractivity contribution is -0.132. The van der Waals surface area contributed by atoms with E-state index in [9.17, 15) is 4.79 Å².